The summed E-state index contributed by atoms with van der Waals surface area (Å²) in [6.07, 6.45) is 4.60. The normalized spacial score (nSPS) is 11.2. The summed E-state index contributed by atoms with van der Waals surface area (Å²) in [6, 6.07) is 11.1. The van der Waals surface area contributed by atoms with Crippen LogP contribution >= 0.6 is 11.8 Å². The molecule has 0 bridgehead atoms. The van der Waals surface area contributed by atoms with Gasteiger partial charge in [-0.15, -0.1) is 0 Å². The molecule has 0 fully saturated rings. The first-order valence-electron chi connectivity index (χ1n) is 9.55. The lowest BCUT2D eigenvalue weighted by Crippen LogP contribution is -2.22. The molecule has 0 aliphatic heterocycles. The number of rotatable bonds is 7. The third-order valence-corrected chi connectivity index (χ3v) is 5.39. The van der Waals surface area contributed by atoms with Gasteiger partial charge in [0, 0.05) is 12.6 Å². The van der Waals surface area contributed by atoms with Crippen LogP contribution in [0.5, 0.6) is 0 Å². The quantitative estimate of drug-likeness (QED) is 0.337. The third kappa shape index (κ3) is 4.22. The van der Waals surface area contributed by atoms with Gasteiger partial charge in [-0.2, -0.15) is 4.98 Å². The van der Waals surface area contributed by atoms with Crippen molar-refractivity contribution in [3.8, 4) is 5.82 Å². The van der Waals surface area contributed by atoms with Crippen molar-refractivity contribution in [1.29, 1.82) is 0 Å². The number of unbranched alkanes of at least 4 members (excludes halogenated alkanes) is 1. The van der Waals surface area contributed by atoms with Crippen molar-refractivity contribution < 1.29 is 4.52 Å². The molecule has 0 unspecified atom stereocenters. The zero-order valence-corrected chi connectivity index (χ0v) is 17.1. The van der Waals surface area contributed by atoms with Crippen molar-refractivity contribution in [2.45, 2.75) is 44.0 Å². The van der Waals surface area contributed by atoms with Gasteiger partial charge in [0.25, 0.3) is 5.56 Å². The summed E-state index contributed by atoms with van der Waals surface area (Å²) >= 11 is 1.38. The third-order valence-electron chi connectivity index (χ3n) is 4.46. The first-order valence-corrected chi connectivity index (χ1v) is 10.5. The first-order chi connectivity index (χ1) is 14.2. The topological polar surface area (TPSA) is 86.7 Å². The Morgan fingerprint density at radius 2 is 2.03 bits per heavy atom. The molecule has 7 nitrogen and oxygen atoms in total. The van der Waals surface area contributed by atoms with Crippen molar-refractivity contribution in [3.63, 3.8) is 0 Å². The van der Waals surface area contributed by atoms with Crippen LogP contribution in [0.3, 0.4) is 0 Å². The minimum Gasteiger partial charge on any atom is -0.338 e. The van der Waals surface area contributed by atoms with Gasteiger partial charge >= 0.3 is 0 Å². The summed E-state index contributed by atoms with van der Waals surface area (Å²) in [5.41, 5.74) is 1.52. The van der Waals surface area contributed by atoms with Gasteiger partial charge in [0.1, 0.15) is 5.82 Å². The van der Waals surface area contributed by atoms with Crippen molar-refractivity contribution in [1.82, 2.24) is 24.7 Å². The van der Waals surface area contributed by atoms with Crippen LogP contribution in [0.2, 0.25) is 0 Å². The van der Waals surface area contributed by atoms with Gasteiger partial charge in [-0.1, -0.05) is 42.4 Å². The molecule has 29 heavy (non-hydrogen) atoms. The van der Waals surface area contributed by atoms with E-state index in [2.05, 4.69) is 22.0 Å². The highest BCUT2D eigenvalue weighted by atomic mass is 32.2. The number of hydrogen-bond donors (Lipinski definition) is 0. The van der Waals surface area contributed by atoms with Crippen molar-refractivity contribution in [2.24, 2.45) is 0 Å². The number of pyridine rings is 1. The predicted molar refractivity (Wildman–Crippen MR) is 112 cm³/mol. The number of nitrogens with zero attached hydrogens (tertiary/aromatic N) is 5. The van der Waals surface area contributed by atoms with Crippen LogP contribution in [0.25, 0.3) is 16.7 Å². The number of hydrogen-bond acceptors (Lipinski definition) is 7. The van der Waals surface area contributed by atoms with Crippen LogP contribution in [0.1, 0.15) is 37.0 Å². The Bertz CT molecular complexity index is 1200. The van der Waals surface area contributed by atoms with Crippen LogP contribution in [0, 0.1) is 6.92 Å². The van der Waals surface area contributed by atoms with E-state index in [1.54, 1.807) is 16.8 Å². The number of benzene rings is 1. The largest absolute Gasteiger partial charge is 0.338 e. The fourth-order valence-corrected chi connectivity index (χ4v) is 3.80. The first kappa shape index (κ1) is 19.3. The molecule has 0 radical (unpaired) electrons. The fraction of sp³-hybridized carbons (Fsp3) is 0.286. The Morgan fingerprint density at radius 1 is 1.17 bits per heavy atom. The van der Waals surface area contributed by atoms with E-state index in [4.69, 9.17) is 9.51 Å². The molecule has 3 heterocycles. The number of thioether (sulfide) groups is 1. The number of fused-ring (bicyclic) bond motifs is 1. The highest BCUT2D eigenvalue weighted by Crippen LogP contribution is 2.24. The Balaban J connectivity index is 1.71. The van der Waals surface area contributed by atoms with Crippen LogP contribution in [-0.2, 0) is 12.2 Å². The standard InChI is InChI=1S/C21H21N5O2S/c1-3-4-9-17-24-19(28-25-17)13-29-21-23-16-8-6-5-7-15(16)20(27)26(21)18-12-14(2)10-11-22-18/h5-8,10-12H,3-4,9,13H2,1-2H3. The monoisotopic (exact) mass is 407 g/mol. The summed E-state index contributed by atoms with van der Waals surface area (Å²) in [5.74, 6) is 2.21. The molecular weight excluding hydrogens is 386 g/mol. The average molecular weight is 407 g/mol. The summed E-state index contributed by atoms with van der Waals surface area (Å²) in [7, 11) is 0. The maximum Gasteiger partial charge on any atom is 0.267 e. The highest BCUT2D eigenvalue weighted by Gasteiger charge is 2.16. The smallest absolute Gasteiger partial charge is 0.267 e. The lowest BCUT2D eigenvalue weighted by atomic mass is 10.2. The molecule has 4 rings (SSSR count). The molecule has 0 amide bonds. The van der Waals surface area contributed by atoms with E-state index in [0.717, 1.165) is 24.8 Å². The minimum atomic E-state index is -0.148. The Hall–Kier alpha value is -3.00. The molecule has 0 N–H and O–H groups in total. The van der Waals surface area contributed by atoms with Crippen molar-refractivity contribution >= 4 is 22.7 Å². The summed E-state index contributed by atoms with van der Waals surface area (Å²) in [6.45, 7) is 4.09. The summed E-state index contributed by atoms with van der Waals surface area (Å²) < 4.78 is 6.90. The summed E-state index contributed by atoms with van der Waals surface area (Å²) in [4.78, 5) is 26.7. The second kappa shape index (κ2) is 8.57. The molecule has 0 atom stereocenters. The predicted octanol–water partition coefficient (Wildman–Crippen LogP) is 4.11. The summed E-state index contributed by atoms with van der Waals surface area (Å²) in [5, 5.41) is 5.12. The van der Waals surface area contributed by atoms with Gasteiger partial charge in [0.05, 0.1) is 16.7 Å². The zero-order valence-electron chi connectivity index (χ0n) is 16.3. The van der Waals surface area contributed by atoms with Gasteiger partial charge < -0.3 is 4.52 Å². The molecule has 1 aromatic carbocycles. The Labute approximate surface area is 172 Å². The van der Waals surface area contributed by atoms with Gasteiger partial charge in [-0.3, -0.25) is 4.79 Å². The van der Waals surface area contributed by atoms with E-state index in [0.29, 0.717) is 39.3 Å². The zero-order chi connectivity index (χ0) is 20.2. The number of aromatic nitrogens is 5. The van der Waals surface area contributed by atoms with E-state index in [1.807, 2.05) is 37.3 Å². The van der Waals surface area contributed by atoms with Crippen LogP contribution < -0.4 is 5.56 Å². The molecule has 8 heteroatoms. The van der Waals surface area contributed by atoms with Gasteiger partial charge in [-0.25, -0.2) is 14.5 Å². The highest BCUT2D eigenvalue weighted by molar-refractivity contribution is 7.98. The second-order valence-electron chi connectivity index (χ2n) is 6.74. The lowest BCUT2D eigenvalue weighted by molar-refractivity contribution is 0.384. The molecule has 3 aromatic heterocycles. The van der Waals surface area contributed by atoms with E-state index in [-0.39, 0.29) is 5.56 Å². The Kier molecular flexibility index (Phi) is 5.71. The van der Waals surface area contributed by atoms with Crippen LogP contribution in [-0.4, -0.2) is 24.7 Å². The molecule has 0 saturated heterocycles. The second-order valence-corrected chi connectivity index (χ2v) is 7.68. The van der Waals surface area contributed by atoms with Gasteiger partial charge in [-0.05, 0) is 43.2 Å². The van der Waals surface area contributed by atoms with Gasteiger partial charge in [0.15, 0.2) is 11.0 Å². The number of para-hydroxylation sites is 1. The van der Waals surface area contributed by atoms with Crippen molar-refractivity contribution in [3.05, 3.63) is 70.2 Å². The minimum absolute atomic E-state index is 0.148. The molecule has 0 spiro atoms. The fourth-order valence-electron chi connectivity index (χ4n) is 2.97. The Morgan fingerprint density at radius 3 is 2.86 bits per heavy atom. The van der Waals surface area contributed by atoms with Crippen LogP contribution in [0.15, 0.2) is 57.1 Å². The van der Waals surface area contributed by atoms with E-state index < -0.39 is 0 Å². The SMILES string of the molecule is CCCCc1noc(CSc2nc3ccccc3c(=O)n2-c2cc(C)ccn2)n1. The van der Waals surface area contributed by atoms with E-state index in [9.17, 15) is 4.79 Å². The van der Waals surface area contributed by atoms with Crippen LogP contribution in [0.4, 0.5) is 0 Å². The molecular formula is C21H21N5O2S. The number of aryl methyl sites for hydroxylation is 2. The van der Waals surface area contributed by atoms with Crippen molar-refractivity contribution in [2.75, 3.05) is 0 Å². The maximum atomic E-state index is 13.2. The molecule has 0 aliphatic carbocycles. The van der Waals surface area contributed by atoms with E-state index in [1.165, 1.54) is 11.8 Å². The molecule has 0 saturated carbocycles. The van der Waals surface area contributed by atoms with Gasteiger partial charge in [0.2, 0.25) is 5.89 Å². The maximum absolute atomic E-state index is 13.2. The average Bonchev–Trinajstić information content (AvgIpc) is 3.18. The molecule has 148 valence electrons. The molecule has 4 aromatic rings. The van der Waals surface area contributed by atoms with E-state index >= 15 is 0 Å². The lowest BCUT2D eigenvalue weighted by Gasteiger charge is -2.12. The molecule has 0 aliphatic rings.